The first kappa shape index (κ1) is 12.5. The maximum atomic E-state index is 5.28. The molecular formula is C12H18N2O2. The van der Waals surface area contributed by atoms with Crippen molar-refractivity contribution >= 4 is 0 Å². The fraction of sp³-hybridized carbons (Fsp3) is 0.417. The first-order chi connectivity index (χ1) is 7.83. The van der Waals surface area contributed by atoms with Gasteiger partial charge in [0.25, 0.3) is 0 Å². The minimum Gasteiger partial charge on any atom is -0.493 e. The maximum Gasteiger partial charge on any atom is 0.183 e. The van der Waals surface area contributed by atoms with E-state index in [-0.39, 0.29) is 0 Å². The molecule has 4 nitrogen and oxygen atoms in total. The van der Waals surface area contributed by atoms with Crippen LogP contribution in [0.15, 0.2) is 24.9 Å². The molecule has 1 aromatic heterocycles. The topological polar surface area (TPSA) is 43.4 Å². The van der Waals surface area contributed by atoms with Crippen LogP contribution in [0.2, 0.25) is 0 Å². The van der Waals surface area contributed by atoms with Crippen LogP contribution in [0.25, 0.3) is 0 Å². The van der Waals surface area contributed by atoms with Crippen molar-refractivity contribution in [2.45, 2.75) is 13.0 Å². The molecule has 1 heterocycles. The Balaban J connectivity index is 2.67. The molecular weight excluding hydrogens is 204 g/mol. The van der Waals surface area contributed by atoms with E-state index in [1.165, 1.54) is 0 Å². The Kier molecular flexibility index (Phi) is 5.36. The lowest BCUT2D eigenvalue weighted by molar-refractivity contribution is 0.348. The van der Waals surface area contributed by atoms with Crippen LogP contribution in [0.3, 0.4) is 0 Å². The van der Waals surface area contributed by atoms with Crippen LogP contribution in [0, 0.1) is 0 Å². The van der Waals surface area contributed by atoms with E-state index in [0.29, 0.717) is 18.0 Å². The molecule has 0 bridgehead atoms. The van der Waals surface area contributed by atoms with Crippen molar-refractivity contribution in [1.29, 1.82) is 0 Å². The van der Waals surface area contributed by atoms with Gasteiger partial charge in [-0.15, -0.1) is 6.58 Å². The molecule has 1 N–H and O–H groups in total. The van der Waals surface area contributed by atoms with E-state index < -0.39 is 0 Å². The first-order valence-corrected chi connectivity index (χ1v) is 5.21. The van der Waals surface area contributed by atoms with Gasteiger partial charge in [0, 0.05) is 18.8 Å². The zero-order valence-corrected chi connectivity index (χ0v) is 9.82. The van der Waals surface area contributed by atoms with E-state index >= 15 is 0 Å². The van der Waals surface area contributed by atoms with Crippen molar-refractivity contribution < 1.29 is 9.47 Å². The van der Waals surface area contributed by atoms with Gasteiger partial charge in [-0.05, 0) is 13.0 Å². The van der Waals surface area contributed by atoms with Crippen molar-refractivity contribution in [3.63, 3.8) is 0 Å². The Morgan fingerprint density at radius 3 is 2.88 bits per heavy atom. The predicted octanol–water partition coefficient (Wildman–Crippen LogP) is 1.76. The highest BCUT2D eigenvalue weighted by Crippen LogP contribution is 2.28. The summed E-state index contributed by atoms with van der Waals surface area (Å²) < 4.78 is 10.5. The minimum atomic E-state index is 0.661. The van der Waals surface area contributed by atoms with Gasteiger partial charge in [-0.1, -0.05) is 6.08 Å². The van der Waals surface area contributed by atoms with Crippen LogP contribution < -0.4 is 14.8 Å². The lowest BCUT2D eigenvalue weighted by atomic mass is 10.3. The average molecular weight is 222 g/mol. The number of nitrogens with one attached hydrogen (secondary N) is 1. The van der Waals surface area contributed by atoms with Crippen LogP contribution >= 0.6 is 0 Å². The third kappa shape index (κ3) is 3.24. The standard InChI is InChI=1S/C12H18N2O2/c1-4-5-7-13-9-10-12(16-3)11(15-2)6-8-14-10/h4,6,8,13H,1,5,7,9H2,2-3H3. The number of aromatic nitrogens is 1. The molecule has 1 aromatic rings. The summed E-state index contributed by atoms with van der Waals surface area (Å²) in [7, 11) is 3.24. The third-order valence-electron chi connectivity index (χ3n) is 2.18. The molecule has 0 atom stereocenters. The van der Waals surface area contributed by atoms with Crippen molar-refractivity contribution in [3.8, 4) is 11.5 Å². The fourth-order valence-corrected chi connectivity index (χ4v) is 1.39. The highest BCUT2D eigenvalue weighted by atomic mass is 16.5. The SMILES string of the molecule is C=CCCNCc1nccc(OC)c1OC. The number of ether oxygens (including phenoxy) is 2. The van der Waals surface area contributed by atoms with Crippen LogP contribution in [-0.4, -0.2) is 25.7 Å². The number of hydrogen-bond acceptors (Lipinski definition) is 4. The summed E-state index contributed by atoms with van der Waals surface area (Å²) in [5.41, 5.74) is 0.853. The molecule has 0 aromatic carbocycles. The number of rotatable bonds is 7. The number of nitrogens with zero attached hydrogens (tertiary/aromatic N) is 1. The van der Waals surface area contributed by atoms with Gasteiger partial charge in [-0.2, -0.15) is 0 Å². The second kappa shape index (κ2) is 6.85. The summed E-state index contributed by atoms with van der Waals surface area (Å²) in [4.78, 5) is 4.26. The van der Waals surface area contributed by atoms with Crippen molar-refractivity contribution in [2.75, 3.05) is 20.8 Å². The van der Waals surface area contributed by atoms with Gasteiger partial charge >= 0.3 is 0 Å². The van der Waals surface area contributed by atoms with Gasteiger partial charge in [0.15, 0.2) is 11.5 Å². The molecule has 4 heteroatoms. The van der Waals surface area contributed by atoms with Gasteiger partial charge in [0.1, 0.15) is 0 Å². The molecule has 88 valence electrons. The molecule has 0 radical (unpaired) electrons. The molecule has 16 heavy (non-hydrogen) atoms. The first-order valence-electron chi connectivity index (χ1n) is 5.21. The molecule has 0 amide bonds. The Labute approximate surface area is 96.3 Å². The molecule has 0 saturated heterocycles. The quantitative estimate of drug-likeness (QED) is 0.564. The number of methoxy groups -OCH3 is 2. The smallest absolute Gasteiger partial charge is 0.183 e. The summed E-state index contributed by atoms with van der Waals surface area (Å²) >= 11 is 0. The summed E-state index contributed by atoms with van der Waals surface area (Å²) in [6, 6.07) is 1.78. The van der Waals surface area contributed by atoms with E-state index in [1.807, 2.05) is 6.08 Å². The second-order valence-electron chi connectivity index (χ2n) is 3.25. The van der Waals surface area contributed by atoms with E-state index in [9.17, 15) is 0 Å². The molecule has 0 unspecified atom stereocenters. The number of hydrogen-bond donors (Lipinski definition) is 1. The van der Waals surface area contributed by atoms with Gasteiger partial charge in [0.05, 0.1) is 19.9 Å². The van der Waals surface area contributed by atoms with Crippen molar-refractivity contribution in [3.05, 3.63) is 30.6 Å². The summed E-state index contributed by atoms with van der Waals surface area (Å²) in [6.45, 7) is 5.21. The molecule has 1 rings (SSSR count). The molecule has 0 saturated carbocycles. The molecule has 0 aliphatic heterocycles. The van der Waals surface area contributed by atoms with Gasteiger partial charge in [-0.25, -0.2) is 0 Å². The highest BCUT2D eigenvalue weighted by molar-refractivity contribution is 5.42. The van der Waals surface area contributed by atoms with E-state index in [2.05, 4.69) is 16.9 Å². The molecule has 0 aliphatic carbocycles. The van der Waals surface area contributed by atoms with Gasteiger partial charge in [-0.3, -0.25) is 4.98 Å². The lowest BCUT2D eigenvalue weighted by Crippen LogP contribution is -2.15. The highest BCUT2D eigenvalue weighted by Gasteiger charge is 2.09. The summed E-state index contributed by atoms with van der Waals surface area (Å²) in [5.74, 6) is 1.40. The average Bonchev–Trinajstić information content (AvgIpc) is 2.34. The molecule has 0 aliphatic rings. The zero-order chi connectivity index (χ0) is 11.8. The normalized spacial score (nSPS) is 9.88. The van der Waals surface area contributed by atoms with Crippen LogP contribution in [-0.2, 0) is 6.54 Å². The van der Waals surface area contributed by atoms with Crippen LogP contribution in [0.1, 0.15) is 12.1 Å². The Morgan fingerprint density at radius 1 is 1.44 bits per heavy atom. The Bertz CT molecular complexity index is 340. The fourth-order valence-electron chi connectivity index (χ4n) is 1.39. The van der Waals surface area contributed by atoms with Crippen LogP contribution in [0.4, 0.5) is 0 Å². The monoisotopic (exact) mass is 222 g/mol. The largest absolute Gasteiger partial charge is 0.493 e. The van der Waals surface area contributed by atoms with E-state index in [0.717, 1.165) is 18.7 Å². The Hall–Kier alpha value is -1.55. The van der Waals surface area contributed by atoms with Crippen molar-refractivity contribution in [1.82, 2.24) is 10.3 Å². The second-order valence-corrected chi connectivity index (χ2v) is 3.25. The number of pyridine rings is 1. The molecule has 0 fully saturated rings. The zero-order valence-electron chi connectivity index (χ0n) is 9.82. The molecule has 0 spiro atoms. The van der Waals surface area contributed by atoms with Gasteiger partial charge < -0.3 is 14.8 Å². The van der Waals surface area contributed by atoms with Crippen LogP contribution in [0.5, 0.6) is 11.5 Å². The third-order valence-corrected chi connectivity index (χ3v) is 2.18. The van der Waals surface area contributed by atoms with Gasteiger partial charge in [0.2, 0.25) is 0 Å². The maximum absolute atomic E-state index is 5.28. The minimum absolute atomic E-state index is 0.661. The van der Waals surface area contributed by atoms with Crippen molar-refractivity contribution in [2.24, 2.45) is 0 Å². The van der Waals surface area contributed by atoms with E-state index in [1.54, 1.807) is 26.5 Å². The predicted molar refractivity (Wildman–Crippen MR) is 63.9 cm³/mol. The summed E-state index contributed by atoms with van der Waals surface area (Å²) in [5, 5.41) is 3.26. The Morgan fingerprint density at radius 2 is 2.25 bits per heavy atom. The summed E-state index contributed by atoms with van der Waals surface area (Å²) in [6.07, 6.45) is 4.53. The lowest BCUT2D eigenvalue weighted by Gasteiger charge is -2.11. The van der Waals surface area contributed by atoms with E-state index in [4.69, 9.17) is 9.47 Å².